The zero-order chi connectivity index (χ0) is 20.1. The van der Waals surface area contributed by atoms with E-state index in [2.05, 4.69) is 0 Å². The Morgan fingerprint density at radius 1 is 1.14 bits per heavy atom. The number of nitrogens with zero attached hydrogens (tertiary/aromatic N) is 2. The van der Waals surface area contributed by atoms with E-state index in [1.165, 1.54) is 24.3 Å². The molecule has 1 saturated heterocycles. The molecule has 3 rings (SSSR count). The van der Waals surface area contributed by atoms with Crippen LogP contribution in [0.15, 0.2) is 42.5 Å². The number of anilines is 1. The van der Waals surface area contributed by atoms with E-state index in [9.17, 15) is 19.7 Å². The van der Waals surface area contributed by atoms with Crippen LogP contribution in [0.1, 0.15) is 34.1 Å². The Labute approximate surface area is 161 Å². The molecule has 1 heterocycles. The van der Waals surface area contributed by atoms with Gasteiger partial charge in [-0.3, -0.25) is 14.9 Å². The molecule has 0 aliphatic carbocycles. The lowest BCUT2D eigenvalue weighted by molar-refractivity contribution is -0.384. The third-order valence-corrected chi connectivity index (χ3v) is 4.47. The van der Waals surface area contributed by atoms with Crippen LogP contribution in [0.4, 0.5) is 11.4 Å². The normalized spacial score (nSPS) is 13.8. The first-order valence-electron chi connectivity index (χ1n) is 8.96. The number of morpholine rings is 1. The highest BCUT2D eigenvalue weighted by atomic mass is 16.6. The number of hydrogen-bond acceptors (Lipinski definition) is 7. The number of benzene rings is 2. The van der Waals surface area contributed by atoms with Gasteiger partial charge in [-0.15, -0.1) is 0 Å². The number of hydrogen-bond donors (Lipinski definition) is 0. The summed E-state index contributed by atoms with van der Waals surface area (Å²) >= 11 is 0. The van der Waals surface area contributed by atoms with Crippen molar-refractivity contribution in [1.29, 1.82) is 0 Å². The van der Waals surface area contributed by atoms with Crippen LogP contribution in [-0.4, -0.2) is 43.0 Å². The van der Waals surface area contributed by atoms with Crippen molar-refractivity contribution in [1.82, 2.24) is 0 Å². The van der Waals surface area contributed by atoms with Crippen LogP contribution in [0.25, 0.3) is 0 Å². The van der Waals surface area contributed by atoms with Crippen molar-refractivity contribution < 1.29 is 24.0 Å². The summed E-state index contributed by atoms with van der Waals surface area (Å²) in [6, 6.07) is 10.4. The van der Waals surface area contributed by atoms with E-state index < -0.39 is 10.9 Å². The summed E-state index contributed by atoms with van der Waals surface area (Å²) in [4.78, 5) is 37.0. The zero-order valence-corrected chi connectivity index (χ0v) is 15.4. The van der Waals surface area contributed by atoms with Gasteiger partial charge in [0, 0.05) is 37.2 Å². The maximum atomic E-state index is 12.8. The first kappa shape index (κ1) is 19.5. The predicted octanol–water partition coefficient (Wildman–Crippen LogP) is 3.24. The molecule has 1 fully saturated rings. The fourth-order valence-electron chi connectivity index (χ4n) is 2.96. The molecule has 0 radical (unpaired) electrons. The molecule has 0 unspecified atom stereocenters. The Morgan fingerprint density at radius 2 is 1.82 bits per heavy atom. The monoisotopic (exact) mass is 384 g/mol. The average molecular weight is 384 g/mol. The largest absolute Gasteiger partial charge is 0.423 e. The molecular weight excluding hydrogens is 364 g/mol. The van der Waals surface area contributed by atoms with Gasteiger partial charge in [-0.05, 0) is 30.3 Å². The molecule has 1 aliphatic heterocycles. The molecule has 0 amide bonds. The molecular formula is C20H20N2O6. The van der Waals surface area contributed by atoms with Crippen molar-refractivity contribution >= 4 is 23.1 Å². The van der Waals surface area contributed by atoms with Gasteiger partial charge < -0.3 is 14.4 Å². The first-order valence-corrected chi connectivity index (χ1v) is 8.96. The van der Waals surface area contributed by atoms with Crippen LogP contribution in [0, 0.1) is 10.1 Å². The Morgan fingerprint density at radius 3 is 2.43 bits per heavy atom. The summed E-state index contributed by atoms with van der Waals surface area (Å²) in [5, 5.41) is 11.1. The molecule has 28 heavy (non-hydrogen) atoms. The summed E-state index contributed by atoms with van der Waals surface area (Å²) in [6.07, 6.45) is 0.385. The SMILES string of the molecule is CCC(=O)c1ccc(OC(=O)c2cc([N+](=O)[O-])ccc2N2CCOCC2)cc1. The molecule has 2 aromatic rings. The molecule has 0 spiro atoms. The molecule has 146 valence electrons. The van der Waals surface area contributed by atoms with E-state index in [4.69, 9.17) is 9.47 Å². The van der Waals surface area contributed by atoms with Crippen LogP contribution < -0.4 is 9.64 Å². The van der Waals surface area contributed by atoms with Crippen molar-refractivity contribution in [3.8, 4) is 5.75 Å². The summed E-state index contributed by atoms with van der Waals surface area (Å²) in [7, 11) is 0. The lowest BCUT2D eigenvalue weighted by Gasteiger charge is -2.30. The third-order valence-electron chi connectivity index (χ3n) is 4.47. The van der Waals surface area contributed by atoms with E-state index in [0.717, 1.165) is 0 Å². The van der Waals surface area contributed by atoms with Crippen molar-refractivity contribution in [2.45, 2.75) is 13.3 Å². The number of nitro benzene ring substituents is 1. The van der Waals surface area contributed by atoms with E-state index in [-0.39, 0.29) is 22.8 Å². The second kappa shape index (κ2) is 8.62. The van der Waals surface area contributed by atoms with Gasteiger partial charge >= 0.3 is 5.97 Å². The molecule has 1 aliphatic rings. The standard InChI is InChI=1S/C20H20N2O6/c1-2-19(23)14-3-6-16(7-4-14)28-20(24)17-13-15(22(25)26)5-8-18(17)21-9-11-27-12-10-21/h3-8,13H,2,9-12H2,1H3. The highest BCUT2D eigenvalue weighted by Crippen LogP contribution is 2.28. The third kappa shape index (κ3) is 4.34. The Kier molecular flexibility index (Phi) is 6.00. The molecule has 0 aromatic heterocycles. The minimum atomic E-state index is -0.695. The van der Waals surface area contributed by atoms with Gasteiger partial charge in [-0.2, -0.15) is 0 Å². The molecule has 0 saturated carbocycles. The van der Waals surface area contributed by atoms with Crippen LogP contribution in [0.3, 0.4) is 0 Å². The van der Waals surface area contributed by atoms with E-state index in [1.54, 1.807) is 25.1 Å². The molecule has 0 bridgehead atoms. The van der Waals surface area contributed by atoms with Gasteiger partial charge in [0.15, 0.2) is 5.78 Å². The van der Waals surface area contributed by atoms with Gasteiger partial charge in [0.25, 0.3) is 5.69 Å². The number of nitro groups is 1. The number of rotatable bonds is 6. The number of esters is 1. The number of non-ortho nitro benzene ring substituents is 1. The van der Waals surface area contributed by atoms with Crippen molar-refractivity contribution in [2.24, 2.45) is 0 Å². The quantitative estimate of drug-likeness (QED) is 0.248. The highest BCUT2D eigenvalue weighted by Gasteiger charge is 2.23. The number of carbonyl (C=O) groups excluding carboxylic acids is 2. The van der Waals surface area contributed by atoms with Crippen molar-refractivity contribution in [3.05, 3.63) is 63.7 Å². The summed E-state index contributed by atoms with van der Waals surface area (Å²) < 4.78 is 10.7. The fraction of sp³-hybridized carbons (Fsp3) is 0.300. The minimum absolute atomic E-state index is 0.00818. The number of ether oxygens (including phenoxy) is 2. The average Bonchev–Trinajstić information content (AvgIpc) is 2.73. The summed E-state index contributed by atoms with van der Waals surface area (Å²) in [5.41, 5.74) is 1.03. The van der Waals surface area contributed by atoms with Gasteiger partial charge in [0.05, 0.1) is 29.4 Å². The Hall–Kier alpha value is -3.26. The van der Waals surface area contributed by atoms with E-state index in [1.807, 2.05) is 4.90 Å². The van der Waals surface area contributed by atoms with E-state index in [0.29, 0.717) is 44.0 Å². The lowest BCUT2D eigenvalue weighted by Crippen LogP contribution is -2.37. The van der Waals surface area contributed by atoms with E-state index >= 15 is 0 Å². The van der Waals surface area contributed by atoms with Crippen molar-refractivity contribution in [3.63, 3.8) is 0 Å². The molecule has 0 N–H and O–H groups in total. The van der Waals surface area contributed by atoms with Gasteiger partial charge in [0.1, 0.15) is 5.75 Å². The van der Waals surface area contributed by atoms with Crippen molar-refractivity contribution in [2.75, 3.05) is 31.2 Å². The predicted molar refractivity (Wildman–Crippen MR) is 102 cm³/mol. The molecule has 2 aromatic carbocycles. The zero-order valence-electron chi connectivity index (χ0n) is 15.4. The van der Waals surface area contributed by atoms with Crippen LogP contribution in [0.2, 0.25) is 0 Å². The number of Topliss-reactive ketones (excluding diaryl/α,β-unsaturated/α-hetero) is 1. The minimum Gasteiger partial charge on any atom is -0.423 e. The maximum Gasteiger partial charge on any atom is 0.345 e. The lowest BCUT2D eigenvalue weighted by atomic mass is 10.1. The second-order valence-corrected chi connectivity index (χ2v) is 6.25. The van der Waals surface area contributed by atoms with Crippen LogP contribution in [-0.2, 0) is 4.74 Å². The molecule has 8 heteroatoms. The van der Waals surface area contributed by atoms with Crippen LogP contribution in [0.5, 0.6) is 5.75 Å². The molecule has 0 atom stereocenters. The number of ketones is 1. The summed E-state index contributed by atoms with van der Waals surface area (Å²) in [6.45, 7) is 3.94. The van der Waals surface area contributed by atoms with Crippen LogP contribution >= 0.6 is 0 Å². The first-order chi connectivity index (χ1) is 13.5. The number of carbonyl (C=O) groups is 2. The van der Waals surface area contributed by atoms with Gasteiger partial charge in [-0.25, -0.2) is 4.79 Å². The Balaban J connectivity index is 1.87. The summed E-state index contributed by atoms with van der Waals surface area (Å²) in [5.74, 6) is -0.442. The topological polar surface area (TPSA) is 99.0 Å². The fourth-order valence-corrected chi connectivity index (χ4v) is 2.96. The molecule has 8 nitrogen and oxygen atoms in total. The maximum absolute atomic E-state index is 12.8. The van der Waals surface area contributed by atoms with Gasteiger partial charge in [0.2, 0.25) is 0 Å². The Bertz CT molecular complexity index is 888. The van der Waals surface area contributed by atoms with Gasteiger partial charge in [-0.1, -0.05) is 6.92 Å². The smallest absolute Gasteiger partial charge is 0.345 e. The highest BCUT2D eigenvalue weighted by molar-refractivity contribution is 5.98. The second-order valence-electron chi connectivity index (χ2n) is 6.25.